The van der Waals surface area contributed by atoms with E-state index in [1.54, 1.807) is 7.05 Å². The van der Waals surface area contributed by atoms with Crippen LogP contribution >= 0.6 is 47.2 Å². The largest absolute Gasteiger partial charge is 0.356 e. The first kappa shape index (κ1) is 22.1. The third kappa shape index (κ3) is 6.38. The molecule has 0 aliphatic carbocycles. The molecule has 0 amide bonds. The average molecular weight is 499 g/mol. The van der Waals surface area contributed by atoms with Crippen molar-refractivity contribution in [2.75, 3.05) is 13.6 Å². The summed E-state index contributed by atoms with van der Waals surface area (Å²) < 4.78 is 4.02. The molecule has 0 aromatic carbocycles. The van der Waals surface area contributed by atoms with Gasteiger partial charge < -0.3 is 19.8 Å². The van der Waals surface area contributed by atoms with Crippen molar-refractivity contribution < 1.29 is 0 Å². The predicted octanol–water partition coefficient (Wildman–Crippen LogP) is 3.60. The van der Waals surface area contributed by atoms with E-state index in [1.807, 2.05) is 37.0 Å². The lowest BCUT2D eigenvalue weighted by Gasteiger charge is -2.12. The topological polar surface area (TPSA) is 59.2 Å². The van der Waals surface area contributed by atoms with Gasteiger partial charge >= 0.3 is 0 Å². The van der Waals surface area contributed by atoms with Gasteiger partial charge in [-0.05, 0) is 25.8 Å². The van der Waals surface area contributed by atoms with Gasteiger partial charge in [-0.1, -0.05) is 23.2 Å². The van der Waals surface area contributed by atoms with E-state index < -0.39 is 0 Å². The molecule has 9 heteroatoms. The maximum Gasteiger partial charge on any atom is 0.191 e. The van der Waals surface area contributed by atoms with E-state index in [0.717, 1.165) is 43.4 Å². The standard InChI is InChI=1S/C16H24Cl2N6.HI/c1-12-20-7-9-24(12)8-5-4-6-21-16(19-2)22-11-13-10-14(17)15(18)23(13)3;/h7,9-10H,4-6,8,11H2,1-3H3,(H2,19,21,22);1H. The number of aryl methyl sites for hydroxylation is 2. The number of halogens is 3. The molecule has 25 heavy (non-hydrogen) atoms. The fourth-order valence-corrected chi connectivity index (χ4v) is 2.82. The first-order valence-electron chi connectivity index (χ1n) is 7.94. The van der Waals surface area contributed by atoms with Crippen LogP contribution in [-0.4, -0.2) is 33.7 Å². The monoisotopic (exact) mass is 498 g/mol. The predicted molar refractivity (Wildman–Crippen MR) is 115 cm³/mol. The summed E-state index contributed by atoms with van der Waals surface area (Å²) in [5.74, 6) is 1.82. The number of hydrogen-bond donors (Lipinski definition) is 2. The van der Waals surface area contributed by atoms with Crippen molar-refractivity contribution in [2.45, 2.75) is 32.9 Å². The van der Waals surface area contributed by atoms with Crippen LogP contribution in [0.25, 0.3) is 0 Å². The van der Waals surface area contributed by atoms with Crippen LogP contribution < -0.4 is 10.6 Å². The Morgan fingerprint density at radius 2 is 2.04 bits per heavy atom. The number of guanidine groups is 1. The molecule has 2 aromatic heterocycles. The number of hydrogen-bond acceptors (Lipinski definition) is 2. The first-order valence-corrected chi connectivity index (χ1v) is 8.70. The molecule has 0 aliphatic rings. The summed E-state index contributed by atoms with van der Waals surface area (Å²) in [6.07, 6.45) is 5.99. The zero-order valence-electron chi connectivity index (χ0n) is 14.7. The summed E-state index contributed by atoms with van der Waals surface area (Å²) >= 11 is 12.1. The molecule has 2 heterocycles. The number of unbranched alkanes of at least 4 members (excludes halogenated alkanes) is 1. The van der Waals surface area contributed by atoms with Gasteiger partial charge in [0.1, 0.15) is 11.0 Å². The normalized spacial score (nSPS) is 11.3. The molecular formula is C16H25Cl2IN6. The minimum atomic E-state index is 0. The molecule has 0 saturated heterocycles. The van der Waals surface area contributed by atoms with Crippen LogP contribution in [0.15, 0.2) is 23.5 Å². The highest BCUT2D eigenvalue weighted by Gasteiger charge is 2.09. The summed E-state index contributed by atoms with van der Waals surface area (Å²) in [5, 5.41) is 7.69. The van der Waals surface area contributed by atoms with Crippen molar-refractivity contribution in [1.29, 1.82) is 0 Å². The van der Waals surface area contributed by atoms with Gasteiger partial charge in [0.05, 0.1) is 11.6 Å². The second-order valence-electron chi connectivity index (χ2n) is 5.56. The molecule has 6 nitrogen and oxygen atoms in total. The molecule has 0 bridgehead atoms. The fraction of sp³-hybridized carbons (Fsp3) is 0.500. The summed E-state index contributed by atoms with van der Waals surface area (Å²) in [5.41, 5.74) is 1.00. The Balaban J connectivity index is 0.00000312. The van der Waals surface area contributed by atoms with Crippen molar-refractivity contribution in [3.8, 4) is 0 Å². The maximum atomic E-state index is 6.07. The smallest absolute Gasteiger partial charge is 0.191 e. The first-order chi connectivity index (χ1) is 11.5. The van der Waals surface area contributed by atoms with Gasteiger partial charge in [-0.15, -0.1) is 24.0 Å². The van der Waals surface area contributed by atoms with Crippen LogP contribution in [0.1, 0.15) is 24.4 Å². The van der Waals surface area contributed by atoms with E-state index in [1.165, 1.54) is 0 Å². The van der Waals surface area contributed by atoms with E-state index in [4.69, 9.17) is 23.2 Å². The van der Waals surface area contributed by atoms with Gasteiger partial charge in [-0.3, -0.25) is 4.99 Å². The van der Waals surface area contributed by atoms with Crippen molar-refractivity contribution in [1.82, 2.24) is 24.8 Å². The van der Waals surface area contributed by atoms with Crippen molar-refractivity contribution in [3.05, 3.63) is 40.2 Å². The lowest BCUT2D eigenvalue weighted by Crippen LogP contribution is -2.37. The maximum absolute atomic E-state index is 6.07. The molecule has 0 fully saturated rings. The zero-order valence-corrected chi connectivity index (χ0v) is 18.6. The third-order valence-electron chi connectivity index (χ3n) is 3.92. The van der Waals surface area contributed by atoms with Crippen molar-refractivity contribution in [2.24, 2.45) is 12.0 Å². The van der Waals surface area contributed by atoms with E-state index in [-0.39, 0.29) is 24.0 Å². The SMILES string of the molecule is CN=C(NCCCCn1ccnc1C)NCc1cc(Cl)c(Cl)n1C.I. The van der Waals surface area contributed by atoms with Gasteiger partial charge in [0.15, 0.2) is 5.96 Å². The van der Waals surface area contributed by atoms with E-state index in [2.05, 4.69) is 25.2 Å². The number of aliphatic imine (C=N–C) groups is 1. The van der Waals surface area contributed by atoms with Crippen LogP contribution in [0.3, 0.4) is 0 Å². The Kier molecular flexibility index (Phi) is 9.66. The molecule has 0 saturated carbocycles. The summed E-state index contributed by atoms with van der Waals surface area (Å²) in [6.45, 7) is 4.48. The molecule has 2 aromatic rings. The Labute approximate surface area is 176 Å². The van der Waals surface area contributed by atoms with Crippen LogP contribution in [-0.2, 0) is 20.1 Å². The van der Waals surface area contributed by atoms with Gasteiger partial charge in [0, 0.05) is 45.3 Å². The Morgan fingerprint density at radius 3 is 2.60 bits per heavy atom. The number of nitrogens with zero attached hydrogens (tertiary/aromatic N) is 4. The highest BCUT2D eigenvalue weighted by atomic mass is 127. The fourth-order valence-electron chi connectivity index (χ4n) is 2.41. The van der Waals surface area contributed by atoms with Gasteiger partial charge in [0.25, 0.3) is 0 Å². The Morgan fingerprint density at radius 1 is 1.28 bits per heavy atom. The molecule has 0 unspecified atom stereocenters. The van der Waals surface area contributed by atoms with Crippen LogP contribution in [0.2, 0.25) is 10.2 Å². The van der Waals surface area contributed by atoms with E-state index in [9.17, 15) is 0 Å². The van der Waals surface area contributed by atoms with E-state index >= 15 is 0 Å². The van der Waals surface area contributed by atoms with Crippen LogP contribution in [0.4, 0.5) is 0 Å². The molecule has 0 spiro atoms. The van der Waals surface area contributed by atoms with Gasteiger partial charge in [-0.2, -0.15) is 0 Å². The average Bonchev–Trinajstić information content (AvgIpc) is 3.08. The van der Waals surface area contributed by atoms with Crippen molar-refractivity contribution in [3.63, 3.8) is 0 Å². The zero-order chi connectivity index (χ0) is 17.5. The minimum Gasteiger partial charge on any atom is -0.356 e. The molecule has 0 atom stereocenters. The summed E-state index contributed by atoms with van der Waals surface area (Å²) in [6, 6.07) is 1.86. The number of nitrogens with one attached hydrogen (secondary N) is 2. The lowest BCUT2D eigenvalue weighted by molar-refractivity contribution is 0.588. The highest BCUT2D eigenvalue weighted by Crippen LogP contribution is 2.24. The number of imidazole rings is 1. The minimum absolute atomic E-state index is 0. The van der Waals surface area contributed by atoms with Crippen LogP contribution in [0.5, 0.6) is 0 Å². The van der Waals surface area contributed by atoms with Crippen molar-refractivity contribution >= 4 is 53.1 Å². The molecule has 0 radical (unpaired) electrons. The van der Waals surface area contributed by atoms with Gasteiger partial charge in [-0.25, -0.2) is 4.98 Å². The Hall–Kier alpha value is -0.930. The summed E-state index contributed by atoms with van der Waals surface area (Å²) in [7, 11) is 3.65. The van der Waals surface area contributed by atoms with E-state index in [0.29, 0.717) is 16.7 Å². The quantitative estimate of drug-likeness (QED) is 0.265. The lowest BCUT2D eigenvalue weighted by atomic mass is 10.3. The second-order valence-corrected chi connectivity index (χ2v) is 6.33. The second kappa shape index (κ2) is 10.9. The molecular weight excluding hydrogens is 474 g/mol. The number of aromatic nitrogens is 3. The molecule has 2 N–H and O–H groups in total. The highest BCUT2D eigenvalue weighted by molar-refractivity contribution is 14.0. The van der Waals surface area contributed by atoms with Gasteiger partial charge in [0.2, 0.25) is 0 Å². The van der Waals surface area contributed by atoms with Crippen LogP contribution in [0, 0.1) is 6.92 Å². The number of rotatable bonds is 7. The summed E-state index contributed by atoms with van der Waals surface area (Å²) in [4.78, 5) is 8.45. The Bertz CT molecular complexity index is 695. The molecule has 0 aliphatic heterocycles. The third-order valence-corrected chi connectivity index (χ3v) is 4.76. The molecule has 140 valence electrons. The molecule has 2 rings (SSSR count).